The average Bonchev–Trinajstić information content (AvgIpc) is 3.34. The van der Waals surface area contributed by atoms with Crippen molar-refractivity contribution in [1.29, 1.82) is 0 Å². The number of benzene rings is 6. The first kappa shape index (κ1) is 21.8. The Hall–Kier alpha value is -5.28. The van der Waals surface area contributed by atoms with Crippen LogP contribution >= 0.6 is 0 Å². The van der Waals surface area contributed by atoms with E-state index in [-0.39, 0.29) is 0 Å². The highest BCUT2D eigenvalue weighted by molar-refractivity contribution is 6.23. The number of rotatable bonds is 3. The third-order valence-electron chi connectivity index (χ3n) is 7.57. The molecule has 2 heterocycles. The lowest BCUT2D eigenvalue weighted by Crippen LogP contribution is -2.02. The van der Waals surface area contributed by atoms with Crippen LogP contribution in [0.5, 0.6) is 0 Å². The van der Waals surface area contributed by atoms with Gasteiger partial charge in [0, 0.05) is 28.0 Å². The SMILES string of the molecule is c1ccc(-c2cc(-n3c4cc5ccccc5cc4c4c5ccccc5ccc43)nc(-c3ccccc3)n2)cc1. The van der Waals surface area contributed by atoms with Gasteiger partial charge in [0.05, 0.1) is 16.7 Å². The van der Waals surface area contributed by atoms with Crippen molar-refractivity contribution in [2.45, 2.75) is 0 Å². The molecule has 0 aliphatic carbocycles. The summed E-state index contributed by atoms with van der Waals surface area (Å²) in [6.45, 7) is 0. The monoisotopic (exact) mass is 497 g/mol. The van der Waals surface area contributed by atoms with Gasteiger partial charge in [-0.15, -0.1) is 0 Å². The van der Waals surface area contributed by atoms with Crippen molar-refractivity contribution in [3.05, 3.63) is 140 Å². The molecule has 8 rings (SSSR count). The van der Waals surface area contributed by atoms with Crippen molar-refractivity contribution >= 4 is 43.4 Å². The second-order valence-electron chi connectivity index (χ2n) is 9.90. The molecule has 0 N–H and O–H groups in total. The van der Waals surface area contributed by atoms with Gasteiger partial charge in [0.1, 0.15) is 5.82 Å². The van der Waals surface area contributed by atoms with Crippen LogP contribution in [0.2, 0.25) is 0 Å². The Balaban J connectivity index is 1.53. The first-order chi connectivity index (χ1) is 19.3. The summed E-state index contributed by atoms with van der Waals surface area (Å²) in [5.74, 6) is 1.57. The van der Waals surface area contributed by atoms with E-state index in [2.05, 4.69) is 120 Å². The molecule has 8 aromatic rings. The van der Waals surface area contributed by atoms with Crippen LogP contribution in [0.3, 0.4) is 0 Å². The topological polar surface area (TPSA) is 30.7 Å². The summed E-state index contributed by atoms with van der Waals surface area (Å²) >= 11 is 0. The van der Waals surface area contributed by atoms with Crippen molar-refractivity contribution in [2.75, 3.05) is 0 Å². The van der Waals surface area contributed by atoms with E-state index in [0.717, 1.165) is 33.7 Å². The molecule has 0 atom stereocenters. The van der Waals surface area contributed by atoms with Crippen LogP contribution in [0.4, 0.5) is 0 Å². The standard InChI is InChI=1S/C36H23N3/c1-3-12-25(13-4-1)31-23-34(38-36(37-31)26-14-5-2-6-15-26)39-32-20-19-24-11-9-10-18-29(24)35(32)30-21-27-16-7-8-17-28(27)22-33(30)39/h1-23H. The van der Waals surface area contributed by atoms with Crippen LogP contribution in [0.15, 0.2) is 140 Å². The second kappa shape index (κ2) is 8.64. The number of hydrogen-bond donors (Lipinski definition) is 0. The van der Waals surface area contributed by atoms with Crippen LogP contribution in [-0.2, 0) is 0 Å². The minimum atomic E-state index is 0.712. The van der Waals surface area contributed by atoms with E-state index in [1.807, 2.05) is 24.3 Å². The first-order valence-electron chi connectivity index (χ1n) is 13.2. The minimum absolute atomic E-state index is 0.712. The third kappa shape index (κ3) is 3.52. The van der Waals surface area contributed by atoms with E-state index in [9.17, 15) is 0 Å². The van der Waals surface area contributed by atoms with Gasteiger partial charge in [-0.2, -0.15) is 0 Å². The molecule has 0 fully saturated rings. The van der Waals surface area contributed by atoms with E-state index < -0.39 is 0 Å². The Morgan fingerprint density at radius 2 is 1.08 bits per heavy atom. The van der Waals surface area contributed by atoms with Gasteiger partial charge in [0.25, 0.3) is 0 Å². The summed E-state index contributed by atoms with van der Waals surface area (Å²) < 4.78 is 2.31. The van der Waals surface area contributed by atoms with Gasteiger partial charge in [-0.1, -0.05) is 115 Å². The Kier molecular flexibility index (Phi) is 4.82. The predicted octanol–water partition coefficient (Wildman–Crippen LogP) is 9.21. The van der Waals surface area contributed by atoms with E-state index in [1.165, 1.54) is 32.3 Å². The zero-order valence-electron chi connectivity index (χ0n) is 21.1. The van der Waals surface area contributed by atoms with Gasteiger partial charge in [-0.25, -0.2) is 9.97 Å². The zero-order chi connectivity index (χ0) is 25.8. The van der Waals surface area contributed by atoms with Crippen LogP contribution in [-0.4, -0.2) is 14.5 Å². The molecule has 6 aromatic carbocycles. The van der Waals surface area contributed by atoms with Gasteiger partial charge < -0.3 is 0 Å². The summed E-state index contributed by atoms with van der Waals surface area (Å²) in [6.07, 6.45) is 0. The summed E-state index contributed by atoms with van der Waals surface area (Å²) in [5, 5.41) is 7.38. The minimum Gasteiger partial charge on any atom is -0.294 e. The molecule has 0 aliphatic heterocycles. The second-order valence-corrected chi connectivity index (χ2v) is 9.90. The van der Waals surface area contributed by atoms with Crippen LogP contribution < -0.4 is 0 Å². The lowest BCUT2D eigenvalue weighted by Gasteiger charge is -2.12. The summed E-state index contributed by atoms with van der Waals surface area (Å²) in [4.78, 5) is 10.2. The smallest absolute Gasteiger partial charge is 0.162 e. The molecule has 0 aliphatic rings. The van der Waals surface area contributed by atoms with Crippen molar-refractivity contribution in [3.8, 4) is 28.5 Å². The lowest BCUT2D eigenvalue weighted by atomic mass is 10.0. The van der Waals surface area contributed by atoms with Gasteiger partial charge in [-0.3, -0.25) is 4.57 Å². The van der Waals surface area contributed by atoms with E-state index in [0.29, 0.717) is 5.82 Å². The summed E-state index contributed by atoms with van der Waals surface area (Å²) in [5.41, 5.74) is 5.23. The Morgan fingerprint density at radius 3 is 1.85 bits per heavy atom. The molecule has 3 heteroatoms. The summed E-state index contributed by atoms with van der Waals surface area (Å²) in [7, 11) is 0. The molecule has 0 bridgehead atoms. The van der Waals surface area contributed by atoms with Crippen molar-refractivity contribution in [2.24, 2.45) is 0 Å². The van der Waals surface area contributed by atoms with Gasteiger partial charge >= 0.3 is 0 Å². The average molecular weight is 498 g/mol. The molecule has 39 heavy (non-hydrogen) atoms. The molecule has 0 amide bonds. The number of fused-ring (bicyclic) bond motifs is 6. The molecule has 0 saturated heterocycles. The fraction of sp³-hybridized carbons (Fsp3) is 0. The maximum Gasteiger partial charge on any atom is 0.162 e. The van der Waals surface area contributed by atoms with E-state index in [4.69, 9.17) is 9.97 Å². The highest BCUT2D eigenvalue weighted by atomic mass is 15.1. The fourth-order valence-electron chi connectivity index (χ4n) is 5.74. The fourth-order valence-corrected chi connectivity index (χ4v) is 5.74. The lowest BCUT2D eigenvalue weighted by molar-refractivity contribution is 1.05. The normalized spacial score (nSPS) is 11.6. The predicted molar refractivity (Wildman–Crippen MR) is 162 cm³/mol. The van der Waals surface area contributed by atoms with Gasteiger partial charge in [-0.05, 0) is 39.7 Å². The zero-order valence-corrected chi connectivity index (χ0v) is 21.1. The molecule has 0 radical (unpaired) electrons. The van der Waals surface area contributed by atoms with Crippen LogP contribution in [0.25, 0.3) is 71.8 Å². The Morgan fingerprint density at radius 1 is 0.436 bits per heavy atom. The largest absolute Gasteiger partial charge is 0.294 e. The Labute approximate surface area is 225 Å². The Bertz CT molecular complexity index is 2100. The van der Waals surface area contributed by atoms with E-state index in [1.54, 1.807) is 0 Å². The number of aromatic nitrogens is 3. The van der Waals surface area contributed by atoms with Gasteiger partial charge in [0.15, 0.2) is 5.82 Å². The molecular weight excluding hydrogens is 474 g/mol. The summed E-state index contributed by atoms with van der Waals surface area (Å²) in [6, 6.07) is 49.0. The molecule has 2 aromatic heterocycles. The molecule has 182 valence electrons. The molecular formula is C36H23N3. The number of hydrogen-bond acceptors (Lipinski definition) is 2. The third-order valence-corrected chi connectivity index (χ3v) is 7.57. The maximum absolute atomic E-state index is 5.18. The highest BCUT2D eigenvalue weighted by Crippen LogP contribution is 2.39. The quantitative estimate of drug-likeness (QED) is 0.244. The molecule has 0 spiro atoms. The van der Waals surface area contributed by atoms with Crippen LogP contribution in [0, 0.1) is 0 Å². The van der Waals surface area contributed by atoms with Crippen LogP contribution in [0.1, 0.15) is 0 Å². The molecule has 0 unspecified atom stereocenters. The van der Waals surface area contributed by atoms with Crippen molar-refractivity contribution in [1.82, 2.24) is 14.5 Å². The molecule has 3 nitrogen and oxygen atoms in total. The van der Waals surface area contributed by atoms with Gasteiger partial charge in [0.2, 0.25) is 0 Å². The van der Waals surface area contributed by atoms with Crippen molar-refractivity contribution in [3.63, 3.8) is 0 Å². The maximum atomic E-state index is 5.18. The first-order valence-corrected chi connectivity index (χ1v) is 13.2. The molecule has 0 saturated carbocycles. The van der Waals surface area contributed by atoms with E-state index >= 15 is 0 Å². The van der Waals surface area contributed by atoms with Crippen molar-refractivity contribution < 1.29 is 0 Å². The number of nitrogens with zero attached hydrogens (tertiary/aromatic N) is 3. The highest BCUT2D eigenvalue weighted by Gasteiger charge is 2.18.